The van der Waals surface area contributed by atoms with E-state index in [9.17, 15) is 14.4 Å². The molecule has 190 valence electrons. The zero-order valence-corrected chi connectivity index (χ0v) is 21.0. The number of unbranched alkanes of at least 4 members (excludes halogenated alkanes) is 1. The van der Waals surface area contributed by atoms with Gasteiger partial charge in [-0.25, -0.2) is 9.80 Å². The van der Waals surface area contributed by atoms with Crippen LogP contribution in [0, 0.1) is 6.92 Å². The van der Waals surface area contributed by atoms with Crippen LogP contribution in [-0.2, 0) is 15.1 Å². The smallest absolute Gasteiger partial charge is 0.325 e. The number of benzene rings is 2. The second-order valence-corrected chi connectivity index (χ2v) is 9.58. The van der Waals surface area contributed by atoms with E-state index in [4.69, 9.17) is 4.42 Å². The first-order valence-corrected chi connectivity index (χ1v) is 12.6. The highest BCUT2D eigenvalue weighted by Gasteiger charge is 2.52. The first kappa shape index (κ1) is 24.5. The topological polar surface area (TPSA) is 95.2 Å². The maximum atomic E-state index is 13.7. The third-order valence-electron chi connectivity index (χ3n) is 7.06. The van der Waals surface area contributed by atoms with Gasteiger partial charge in [0.1, 0.15) is 23.9 Å². The van der Waals surface area contributed by atoms with Crippen molar-refractivity contribution < 1.29 is 18.8 Å². The third-order valence-corrected chi connectivity index (χ3v) is 7.06. The lowest BCUT2D eigenvalue weighted by Gasteiger charge is -2.27. The number of hydrogen-bond donors (Lipinski definition) is 1. The zero-order valence-electron chi connectivity index (χ0n) is 21.0. The molecule has 2 aliphatic rings. The fourth-order valence-corrected chi connectivity index (χ4v) is 5.01. The van der Waals surface area contributed by atoms with Crippen molar-refractivity contribution in [2.45, 2.75) is 51.1 Å². The zero-order chi connectivity index (χ0) is 26.0. The SMILES string of the molecule is CCCCC1(c2ccccc2)NC(=O)N(CC(=O)N2N=C(c3ccc(C)cc3)CC2c2ccco2)C1=O. The van der Waals surface area contributed by atoms with Gasteiger partial charge < -0.3 is 9.73 Å². The van der Waals surface area contributed by atoms with Crippen molar-refractivity contribution in [3.8, 4) is 0 Å². The number of amides is 4. The van der Waals surface area contributed by atoms with Gasteiger partial charge in [-0.1, -0.05) is 79.9 Å². The number of aryl methyl sites for hydroxylation is 1. The van der Waals surface area contributed by atoms with Crippen LogP contribution in [0.3, 0.4) is 0 Å². The van der Waals surface area contributed by atoms with Gasteiger partial charge in [-0.3, -0.25) is 14.5 Å². The van der Waals surface area contributed by atoms with Crippen LogP contribution in [0.1, 0.15) is 61.1 Å². The number of rotatable bonds is 8. The van der Waals surface area contributed by atoms with E-state index < -0.39 is 36.0 Å². The second-order valence-electron chi connectivity index (χ2n) is 9.58. The average molecular weight is 499 g/mol. The van der Waals surface area contributed by atoms with Crippen LogP contribution < -0.4 is 5.32 Å². The summed E-state index contributed by atoms with van der Waals surface area (Å²) in [5.41, 5.74) is 2.31. The number of hydrazone groups is 1. The summed E-state index contributed by atoms with van der Waals surface area (Å²) < 4.78 is 5.62. The quantitative estimate of drug-likeness (QED) is 0.447. The van der Waals surface area contributed by atoms with Crippen molar-refractivity contribution in [1.29, 1.82) is 0 Å². The molecular weight excluding hydrogens is 468 g/mol. The minimum Gasteiger partial charge on any atom is -0.467 e. The Hall–Kier alpha value is -4.20. The Labute approximate surface area is 215 Å². The maximum Gasteiger partial charge on any atom is 0.325 e. The molecule has 8 nitrogen and oxygen atoms in total. The number of nitrogens with one attached hydrogen (secondary N) is 1. The van der Waals surface area contributed by atoms with Crippen molar-refractivity contribution in [1.82, 2.24) is 15.2 Å². The molecule has 0 aliphatic carbocycles. The largest absolute Gasteiger partial charge is 0.467 e. The molecule has 1 saturated heterocycles. The van der Waals surface area contributed by atoms with Crippen LogP contribution in [0.5, 0.6) is 0 Å². The summed E-state index contributed by atoms with van der Waals surface area (Å²) in [6.45, 7) is 3.64. The van der Waals surface area contributed by atoms with Crippen LogP contribution >= 0.6 is 0 Å². The van der Waals surface area contributed by atoms with Gasteiger partial charge in [-0.2, -0.15) is 5.10 Å². The molecule has 2 unspecified atom stereocenters. The molecule has 0 spiro atoms. The molecule has 3 heterocycles. The molecule has 37 heavy (non-hydrogen) atoms. The third kappa shape index (κ3) is 4.55. The molecule has 4 amide bonds. The van der Waals surface area contributed by atoms with Crippen LogP contribution in [0.25, 0.3) is 0 Å². The second kappa shape index (κ2) is 10.0. The van der Waals surface area contributed by atoms with Crippen molar-refractivity contribution in [3.05, 3.63) is 95.4 Å². The molecule has 3 aromatic rings. The molecule has 0 saturated carbocycles. The molecule has 2 aliphatic heterocycles. The van der Waals surface area contributed by atoms with Crippen molar-refractivity contribution >= 4 is 23.6 Å². The summed E-state index contributed by atoms with van der Waals surface area (Å²) in [6.07, 6.45) is 4.09. The van der Waals surface area contributed by atoms with Gasteiger partial charge in [0.15, 0.2) is 0 Å². The number of carbonyl (C=O) groups is 3. The Balaban J connectivity index is 1.42. The Morgan fingerprint density at radius 2 is 1.84 bits per heavy atom. The monoisotopic (exact) mass is 498 g/mol. The number of hydrogen-bond acceptors (Lipinski definition) is 5. The number of urea groups is 1. The molecule has 2 aromatic carbocycles. The number of imide groups is 1. The van der Waals surface area contributed by atoms with E-state index in [2.05, 4.69) is 10.4 Å². The normalized spacial score (nSPS) is 21.4. The van der Waals surface area contributed by atoms with E-state index in [-0.39, 0.29) is 0 Å². The lowest BCUT2D eigenvalue weighted by Crippen LogP contribution is -2.45. The van der Waals surface area contributed by atoms with Crippen molar-refractivity contribution in [3.63, 3.8) is 0 Å². The van der Waals surface area contributed by atoms with E-state index in [1.807, 2.05) is 68.4 Å². The average Bonchev–Trinajstić information content (AvgIpc) is 3.64. The van der Waals surface area contributed by atoms with Gasteiger partial charge in [0.2, 0.25) is 0 Å². The van der Waals surface area contributed by atoms with Crippen molar-refractivity contribution in [2.24, 2.45) is 5.10 Å². The highest BCUT2D eigenvalue weighted by Crippen LogP contribution is 2.36. The Bertz CT molecular complexity index is 1320. The van der Waals surface area contributed by atoms with Crippen LogP contribution in [-0.4, -0.2) is 40.0 Å². The summed E-state index contributed by atoms with van der Waals surface area (Å²) in [5, 5.41) is 8.89. The van der Waals surface area contributed by atoms with Gasteiger partial charge in [0.25, 0.3) is 11.8 Å². The lowest BCUT2D eigenvalue weighted by molar-refractivity contribution is -0.140. The summed E-state index contributed by atoms with van der Waals surface area (Å²) in [4.78, 5) is 41.4. The molecular formula is C29H30N4O4. The maximum absolute atomic E-state index is 13.7. The minimum absolute atomic E-state index is 0.409. The Morgan fingerprint density at radius 3 is 2.51 bits per heavy atom. The van der Waals surface area contributed by atoms with E-state index in [0.717, 1.165) is 34.6 Å². The molecule has 5 rings (SSSR count). The lowest BCUT2D eigenvalue weighted by atomic mass is 9.85. The summed E-state index contributed by atoms with van der Waals surface area (Å²) in [5.74, 6) is -0.272. The molecule has 1 aromatic heterocycles. The first-order valence-electron chi connectivity index (χ1n) is 12.6. The highest BCUT2D eigenvalue weighted by atomic mass is 16.3. The van der Waals surface area contributed by atoms with E-state index in [1.165, 1.54) is 5.01 Å². The molecule has 0 radical (unpaired) electrons. The molecule has 0 bridgehead atoms. The summed E-state index contributed by atoms with van der Waals surface area (Å²) in [6, 6.07) is 19.7. The fraction of sp³-hybridized carbons (Fsp3) is 0.310. The van der Waals surface area contributed by atoms with E-state index in [0.29, 0.717) is 24.2 Å². The molecule has 1 N–H and O–H groups in total. The molecule has 8 heteroatoms. The summed E-state index contributed by atoms with van der Waals surface area (Å²) >= 11 is 0. The van der Waals surface area contributed by atoms with Gasteiger partial charge in [0.05, 0.1) is 12.0 Å². The molecule has 2 atom stereocenters. The predicted octanol–water partition coefficient (Wildman–Crippen LogP) is 4.90. The van der Waals surface area contributed by atoms with E-state index >= 15 is 0 Å². The van der Waals surface area contributed by atoms with Crippen LogP contribution in [0.15, 0.2) is 82.5 Å². The van der Waals surface area contributed by atoms with Gasteiger partial charge in [-0.15, -0.1) is 0 Å². The van der Waals surface area contributed by atoms with Crippen molar-refractivity contribution in [2.75, 3.05) is 6.54 Å². The van der Waals surface area contributed by atoms with Gasteiger partial charge >= 0.3 is 6.03 Å². The first-order chi connectivity index (χ1) is 17.9. The Morgan fingerprint density at radius 1 is 1.08 bits per heavy atom. The van der Waals surface area contributed by atoms with Gasteiger partial charge in [-0.05, 0) is 36.6 Å². The molecule has 1 fully saturated rings. The van der Waals surface area contributed by atoms with E-state index in [1.54, 1.807) is 18.4 Å². The fourth-order valence-electron chi connectivity index (χ4n) is 5.01. The standard InChI is InChI=1S/C29H30N4O4/c1-3-4-16-29(22-9-6-5-7-10-22)27(35)32(28(36)30-29)19-26(34)33-24(25-11-8-17-37-25)18-23(31-33)21-14-12-20(2)13-15-21/h5-15,17,24H,3-4,16,18-19H2,1-2H3,(H,30,36). The highest BCUT2D eigenvalue weighted by molar-refractivity contribution is 6.10. The van der Waals surface area contributed by atoms with Crippen LogP contribution in [0.2, 0.25) is 0 Å². The number of carbonyl (C=O) groups excluding carboxylic acids is 3. The summed E-state index contributed by atoms with van der Waals surface area (Å²) in [7, 11) is 0. The van der Waals surface area contributed by atoms with Gasteiger partial charge in [0, 0.05) is 6.42 Å². The van der Waals surface area contributed by atoms with Crippen LogP contribution in [0.4, 0.5) is 4.79 Å². The minimum atomic E-state index is -1.18. The number of furan rings is 1. The Kier molecular flexibility index (Phi) is 6.65. The number of nitrogens with zero attached hydrogens (tertiary/aromatic N) is 3. The predicted molar refractivity (Wildman–Crippen MR) is 139 cm³/mol.